The van der Waals surface area contributed by atoms with Crippen LogP contribution in [0.5, 0.6) is 17.2 Å². The predicted molar refractivity (Wildman–Crippen MR) is 188 cm³/mol. The van der Waals surface area contributed by atoms with Crippen LogP contribution in [0.25, 0.3) is 0 Å². The van der Waals surface area contributed by atoms with Crippen LogP contribution in [0.4, 0.5) is 5.69 Å². The van der Waals surface area contributed by atoms with Crippen LogP contribution in [0.1, 0.15) is 61.5 Å². The molecule has 0 bridgehead atoms. The van der Waals surface area contributed by atoms with Gasteiger partial charge in [-0.3, -0.25) is 14.4 Å². The van der Waals surface area contributed by atoms with Crippen LogP contribution >= 0.6 is 0 Å². The zero-order valence-electron chi connectivity index (χ0n) is 29.1. The lowest BCUT2D eigenvalue weighted by Crippen LogP contribution is -2.47. The van der Waals surface area contributed by atoms with Crippen LogP contribution in [0.3, 0.4) is 0 Å². The number of aliphatic hydroxyl groups excluding tert-OH is 1. The van der Waals surface area contributed by atoms with Crippen molar-refractivity contribution in [3.05, 3.63) is 77.4 Å². The SMILES string of the molecule is Cc1ccc(S(=O)(=O)Nc2ccc3c(c2)C(=O)N([C@H](C)CO)C[C@@H](C)[C@H](CN(C)Cc2ccc4c(c2)OCO4)OCCCC[C@H](C)O3)cc1. The fourth-order valence-corrected chi connectivity index (χ4v) is 7.15. The third kappa shape index (κ3) is 9.45. The molecule has 0 aliphatic carbocycles. The second-order valence-electron chi connectivity index (χ2n) is 13.3. The number of sulfonamides is 1. The monoisotopic (exact) mass is 695 g/mol. The number of likely N-dealkylation sites (N-methyl/N-ethyl adjacent to an activating group) is 1. The minimum absolute atomic E-state index is 0.105. The highest BCUT2D eigenvalue weighted by Crippen LogP contribution is 2.33. The maximum absolute atomic E-state index is 14.4. The zero-order valence-corrected chi connectivity index (χ0v) is 29.9. The normalized spacial score (nSPS) is 21.1. The first-order valence-electron chi connectivity index (χ1n) is 16.9. The standard InChI is InChI=1S/C37H49N3O8S/c1-25-9-13-31(14-10-25)49(43,44)38-30-12-16-33-32(19-30)37(42)40(27(3)23-41)20-26(2)36(45-17-7-6-8-28(4)48-33)22-39(5)21-29-11-15-34-35(18-29)47-24-46-34/h9-16,18-19,26-28,36,38,41H,6-8,17,20-24H2,1-5H3/t26-,27-,28+,36+/m1/s1. The van der Waals surface area contributed by atoms with Crippen molar-refractivity contribution in [2.45, 2.75) is 76.6 Å². The highest BCUT2D eigenvalue weighted by Gasteiger charge is 2.31. The first-order valence-corrected chi connectivity index (χ1v) is 18.4. The molecule has 1 amide bonds. The van der Waals surface area contributed by atoms with Gasteiger partial charge >= 0.3 is 0 Å². The summed E-state index contributed by atoms with van der Waals surface area (Å²) in [4.78, 5) is 18.4. The number of nitrogens with zero attached hydrogens (tertiary/aromatic N) is 2. The molecule has 3 aromatic rings. The largest absolute Gasteiger partial charge is 0.490 e. The molecule has 0 fully saturated rings. The molecule has 2 N–H and O–H groups in total. The van der Waals surface area contributed by atoms with E-state index in [-0.39, 0.29) is 53.6 Å². The number of amides is 1. The molecule has 2 heterocycles. The number of hydrogen-bond donors (Lipinski definition) is 2. The van der Waals surface area contributed by atoms with Gasteiger partial charge in [0.1, 0.15) is 5.75 Å². The first-order chi connectivity index (χ1) is 23.4. The van der Waals surface area contributed by atoms with Crippen LogP contribution in [-0.4, -0.2) is 87.6 Å². The lowest BCUT2D eigenvalue weighted by Gasteiger charge is -2.36. The number of fused-ring (bicyclic) bond motifs is 2. The molecule has 0 radical (unpaired) electrons. The molecule has 0 unspecified atom stereocenters. The Morgan fingerprint density at radius 1 is 1.00 bits per heavy atom. The van der Waals surface area contributed by atoms with Crippen molar-refractivity contribution in [2.24, 2.45) is 5.92 Å². The molecule has 0 aromatic heterocycles. The summed E-state index contributed by atoms with van der Waals surface area (Å²) in [6.07, 6.45) is 2.07. The van der Waals surface area contributed by atoms with Crippen molar-refractivity contribution < 1.29 is 37.3 Å². The van der Waals surface area contributed by atoms with Gasteiger partial charge in [-0.05, 0) is 95.1 Å². The van der Waals surface area contributed by atoms with E-state index in [1.807, 2.05) is 39.1 Å². The molecular formula is C37H49N3O8S. The minimum Gasteiger partial charge on any atom is -0.490 e. The maximum Gasteiger partial charge on any atom is 0.261 e. The Hall–Kier alpha value is -3.84. The Balaban J connectivity index is 1.40. The van der Waals surface area contributed by atoms with E-state index in [4.69, 9.17) is 18.9 Å². The Kier molecular flexibility index (Phi) is 12.1. The first kappa shape index (κ1) is 36.4. The van der Waals surface area contributed by atoms with Gasteiger partial charge in [-0.15, -0.1) is 0 Å². The molecule has 5 rings (SSSR count). The molecule has 4 atom stereocenters. The van der Waals surface area contributed by atoms with E-state index in [9.17, 15) is 18.3 Å². The second kappa shape index (κ2) is 16.2. The van der Waals surface area contributed by atoms with E-state index in [1.54, 1.807) is 48.2 Å². The highest BCUT2D eigenvalue weighted by atomic mass is 32.2. The Morgan fingerprint density at radius 3 is 2.49 bits per heavy atom. The van der Waals surface area contributed by atoms with Crippen molar-refractivity contribution in [1.82, 2.24) is 9.80 Å². The minimum atomic E-state index is -3.91. The third-order valence-electron chi connectivity index (χ3n) is 9.02. The number of benzene rings is 3. The number of nitrogens with one attached hydrogen (secondary N) is 1. The van der Waals surface area contributed by atoms with Crippen molar-refractivity contribution in [3.63, 3.8) is 0 Å². The van der Waals surface area contributed by atoms with Gasteiger partial charge in [-0.25, -0.2) is 8.42 Å². The van der Waals surface area contributed by atoms with Crippen LogP contribution in [0.2, 0.25) is 0 Å². The smallest absolute Gasteiger partial charge is 0.261 e. The van der Waals surface area contributed by atoms with Crippen LogP contribution in [-0.2, 0) is 21.3 Å². The van der Waals surface area contributed by atoms with Crippen molar-refractivity contribution >= 4 is 21.6 Å². The number of carbonyl (C=O) groups is 1. The average molecular weight is 696 g/mol. The van der Waals surface area contributed by atoms with E-state index in [1.165, 1.54) is 6.07 Å². The number of carbonyl (C=O) groups excluding carboxylic acids is 1. The number of anilines is 1. The van der Waals surface area contributed by atoms with Gasteiger partial charge < -0.3 is 29.0 Å². The third-order valence-corrected chi connectivity index (χ3v) is 10.4. The summed E-state index contributed by atoms with van der Waals surface area (Å²) in [5, 5.41) is 10.3. The molecule has 3 aromatic carbocycles. The van der Waals surface area contributed by atoms with E-state index >= 15 is 0 Å². The Bertz CT molecular complexity index is 1680. The molecule has 2 aliphatic rings. The fraction of sp³-hybridized carbons (Fsp3) is 0.486. The predicted octanol–water partition coefficient (Wildman–Crippen LogP) is 5.45. The molecule has 49 heavy (non-hydrogen) atoms. The summed E-state index contributed by atoms with van der Waals surface area (Å²) in [5.74, 6) is 1.38. The number of rotatable bonds is 9. The molecule has 266 valence electrons. The molecular weight excluding hydrogens is 646 g/mol. The van der Waals surface area contributed by atoms with Crippen LogP contribution < -0.4 is 18.9 Å². The van der Waals surface area contributed by atoms with Gasteiger partial charge in [0.15, 0.2) is 11.5 Å². The van der Waals surface area contributed by atoms with Gasteiger partial charge in [0.2, 0.25) is 6.79 Å². The van der Waals surface area contributed by atoms with Crippen molar-refractivity contribution in [1.29, 1.82) is 0 Å². The van der Waals surface area contributed by atoms with Crippen LogP contribution in [0.15, 0.2) is 65.6 Å². The van der Waals surface area contributed by atoms with E-state index < -0.39 is 16.1 Å². The second-order valence-corrected chi connectivity index (χ2v) is 15.0. The quantitative estimate of drug-likeness (QED) is 0.301. The maximum atomic E-state index is 14.4. The fourth-order valence-electron chi connectivity index (χ4n) is 6.10. The lowest BCUT2D eigenvalue weighted by molar-refractivity contribution is -0.0177. The van der Waals surface area contributed by atoms with Crippen molar-refractivity contribution in [2.75, 3.05) is 44.9 Å². The average Bonchev–Trinajstić information content (AvgIpc) is 3.54. The molecule has 2 aliphatic heterocycles. The van der Waals surface area contributed by atoms with Gasteiger partial charge in [-0.2, -0.15) is 0 Å². The summed E-state index contributed by atoms with van der Waals surface area (Å²) >= 11 is 0. The number of aryl methyl sites for hydroxylation is 1. The number of ether oxygens (including phenoxy) is 4. The summed E-state index contributed by atoms with van der Waals surface area (Å²) in [6, 6.07) is 16.8. The molecule has 12 heteroatoms. The highest BCUT2D eigenvalue weighted by molar-refractivity contribution is 7.92. The Labute approximate surface area is 290 Å². The summed E-state index contributed by atoms with van der Waals surface area (Å²) in [7, 11) is -1.87. The van der Waals surface area contributed by atoms with E-state index in [0.29, 0.717) is 32.0 Å². The molecule has 11 nitrogen and oxygen atoms in total. The lowest BCUT2D eigenvalue weighted by atomic mass is 10.0. The molecule has 0 spiro atoms. The number of aliphatic hydroxyl groups is 1. The van der Waals surface area contributed by atoms with Gasteiger partial charge in [0.25, 0.3) is 15.9 Å². The molecule has 0 saturated heterocycles. The van der Waals surface area contributed by atoms with Crippen molar-refractivity contribution in [3.8, 4) is 17.2 Å². The van der Waals surface area contributed by atoms with Gasteiger partial charge in [-0.1, -0.05) is 30.7 Å². The summed E-state index contributed by atoms with van der Waals surface area (Å²) < 4.78 is 52.9. The number of hydrogen-bond acceptors (Lipinski definition) is 9. The van der Waals surface area contributed by atoms with Gasteiger partial charge in [0, 0.05) is 37.8 Å². The van der Waals surface area contributed by atoms with Crippen LogP contribution in [0, 0.1) is 12.8 Å². The van der Waals surface area contributed by atoms with Gasteiger partial charge in [0.05, 0.1) is 35.3 Å². The topological polar surface area (TPSA) is 127 Å². The summed E-state index contributed by atoms with van der Waals surface area (Å²) in [5.41, 5.74) is 2.49. The van der Waals surface area contributed by atoms with E-state index in [2.05, 4.69) is 16.5 Å². The molecule has 0 saturated carbocycles. The van der Waals surface area contributed by atoms with E-state index in [0.717, 1.165) is 41.9 Å². The summed E-state index contributed by atoms with van der Waals surface area (Å²) in [6.45, 7) is 9.83. The Morgan fingerprint density at radius 2 is 1.73 bits per heavy atom. The zero-order chi connectivity index (χ0) is 35.1.